The fourth-order valence-corrected chi connectivity index (χ4v) is 3.97. The second kappa shape index (κ2) is 6.78. The first-order valence-electron chi connectivity index (χ1n) is 9.60. The van der Waals surface area contributed by atoms with Crippen LogP contribution in [-0.4, -0.2) is 35.4 Å². The predicted molar refractivity (Wildman–Crippen MR) is 108 cm³/mol. The number of aromatic nitrogens is 3. The largest absolute Gasteiger partial charge is 0.480 e. The summed E-state index contributed by atoms with van der Waals surface area (Å²) in [5, 5.41) is 7.95. The highest BCUT2D eigenvalue weighted by atomic mass is 16.5. The molecular weight excluding hydrogens is 352 g/mol. The van der Waals surface area contributed by atoms with E-state index >= 15 is 0 Å². The van der Waals surface area contributed by atoms with Gasteiger partial charge in [0.1, 0.15) is 12.4 Å². The monoisotopic (exact) mass is 374 g/mol. The van der Waals surface area contributed by atoms with Crippen LogP contribution >= 0.6 is 0 Å². The molecule has 0 spiro atoms. The number of benzene rings is 1. The molecule has 2 aliphatic heterocycles. The summed E-state index contributed by atoms with van der Waals surface area (Å²) in [6.45, 7) is 4.93. The van der Waals surface area contributed by atoms with Gasteiger partial charge in [0.15, 0.2) is 0 Å². The van der Waals surface area contributed by atoms with Gasteiger partial charge < -0.3 is 14.4 Å². The van der Waals surface area contributed by atoms with Crippen LogP contribution in [0.15, 0.2) is 42.6 Å². The molecule has 2 aromatic heterocycles. The van der Waals surface area contributed by atoms with Gasteiger partial charge in [0, 0.05) is 30.3 Å². The number of methoxy groups -OCH3 is 1. The summed E-state index contributed by atoms with van der Waals surface area (Å²) in [4.78, 5) is 7.14. The molecule has 5 rings (SSSR count). The highest BCUT2D eigenvalue weighted by Gasteiger charge is 2.24. The second-order valence-corrected chi connectivity index (χ2v) is 7.51. The Hall–Kier alpha value is -3.15. The van der Waals surface area contributed by atoms with Crippen molar-refractivity contribution in [3.8, 4) is 34.0 Å². The second-order valence-electron chi connectivity index (χ2n) is 7.51. The lowest BCUT2D eigenvalue weighted by molar-refractivity contribution is 0.290. The standard InChI is InChI=1S/C22H22N4O2/c1-14-7-8-26(12-14)20-6-5-19-18-4-3-15(9-17(18)13-28-22(19)24-20)16-10-21(27-2)25-23-11-16/h3-6,9-11,14H,7-8,12-13H2,1-2H3/t14-/m1/s1. The van der Waals surface area contributed by atoms with Gasteiger partial charge in [0.2, 0.25) is 11.8 Å². The summed E-state index contributed by atoms with van der Waals surface area (Å²) in [5.74, 6) is 2.96. The lowest BCUT2D eigenvalue weighted by Crippen LogP contribution is -2.21. The maximum absolute atomic E-state index is 6.02. The molecule has 1 atom stereocenters. The zero-order chi connectivity index (χ0) is 19.1. The average Bonchev–Trinajstić information content (AvgIpc) is 3.19. The van der Waals surface area contributed by atoms with Gasteiger partial charge in [-0.2, -0.15) is 10.1 Å². The third-order valence-electron chi connectivity index (χ3n) is 5.53. The summed E-state index contributed by atoms with van der Waals surface area (Å²) in [5.41, 5.74) is 5.40. The van der Waals surface area contributed by atoms with Crippen molar-refractivity contribution < 1.29 is 9.47 Å². The number of hydrogen-bond donors (Lipinski definition) is 0. The van der Waals surface area contributed by atoms with Crippen LogP contribution in [0.1, 0.15) is 18.9 Å². The molecule has 4 heterocycles. The Labute approximate surface area is 164 Å². The summed E-state index contributed by atoms with van der Waals surface area (Å²) >= 11 is 0. The van der Waals surface area contributed by atoms with Gasteiger partial charge in [-0.1, -0.05) is 19.1 Å². The SMILES string of the molecule is COc1cc(-c2ccc3c(c2)COc2nc(N4CC[C@@H](C)C4)ccc2-3)cnn1. The van der Waals surface area contributed by atoms with Crippen molar-refractivity contribution in [3.63, 3.8) is 0 Å². The third-order valence-corrected chi connectivity index (χ3v) is 5.53. The number of fused-ring (bicyclic) bond motifs is 3. The third kappa shape index (κ3) is 2.95. The van der Waals surface area contributed by atoms with Crippen molar-refractivity contribution in [1.29, 1.82) is 0 Å². The highest BCUT2D eigenvalue weighted by molar-refractivity contribution is 5.78. The van der Waals surface area contributed by atoms with Gasteiger partial charge in [-0.3, -0.25) is 0 Å². The predicted octanol–water partition coefficient (Wildman–Crippen LogP) is 3.95. The Morgan fingerprint density at radius 3 is 2.82 bits per heavy atom. The molecule has 1 aromatic carbocycles. The van der Waals surface area contributed by atoms with Crippen LogP contribution in [0.3, 0.4) is 0 Å². The number of hydrogen-bond acceptors (Lipinski definition) is 6. The van der Waals surface area contributed by atoms with Crippen LogP contribution in [0, 0.1) is 5.92 Å². The van der Waals surface area contributed by atoms with E-state index in [1.165, 1.54) is 12.0 Å². The van der Waals surface area contributed by atoms with E-state index in [1.807, 2.05) is 6.07 Å². The Morgan fingerprint density at radius 1 is 1.11 bits per heavy atom. The number of pyridine rings is 1. The van der Waals surface area contributed by atoms with E-state index in [9.17, 15) is 0 Å². The molecule has 6 heteroatoms. The molecule has 1 fully saturated rings. The molecule has 3 aromatic rings. The number of rotatable bonds is 3. The molecule has 1 saturated heterocycles. The maximum atomic E-state index is 6.02. The lowest BCUT2D eigenvalue weighted by Gasteiger charge is -2.23. The molecule has 0 radical (unpaired) electrons. The van der Waals surface area contributed by atoms with Gasteiger partial charge in [-0.15, -0.1) is 5.10 Å². The van der Waals surface area contributed by atoms with Crippen molar-refractivity contribution in [2.24, 2.45) is 5.92 Å². The van der Waals surface area contributed by atoms with Crippen LogP contribution in [-0.2, 0) is 6.61 Å². The summed E-state index contributed by atoms with van der Waals surface area (Å²) in [7, 11) is 1.59. The van der Waals surface area contributed by atoms with E-state index in [-0.39, 0.29) is 0 Å². The summed E-state index contributed by atoms with van der Waals surface area (Å²) < 4.78 is 11.2. The van der Waals surface area contributed by atoms with Gasteiger partial charge in [0.25, 0.3) is 0 Å². The molecule has 28 heavy (non-hydrogen) atoms. The maximum Gasteiger partial charge on any atom is 0.233 e. The van der Waals surface area contributed by atoms with Gasteiger partial charge in [-0.05, 0) is 47.2 Å². The van der Waals surface area contributed by atoms with Crippen LogP contribution in [0.5, 0.6) is 11.8 Å². The quantitative estimate of drug-likeness (QED) is 0.692. The molecule has 0 saturated carbocycles. The summed E-state index contributed by atoms with van der Waals surface area (Å²) in [6.07, 6.45) is 2.96. The molecule has 0 amide bonds. The molecule has 0 N–H and O–H groups in total. The first-order chi connectivity index (χ1) is 13.7. The van der Waals surface area contributed by atoms with Crippen molar-refractivity contribution >= 4 is 5.82 Å². The fourth-order valence-electron chi connectivity index (χ4n) is 3.97. The zero-order valence-electron chi connectivity index (χ0n) is 16.1. The van der Waals surface area contributed by atoms with E-state index in [4.69, 9.17) is 14.5 Å². The van der Waals surface area contributed by atoms with E-state index in [0.29, 0.717) is 12.5 Å². The van der Waals surface area contributed by atoms with E-state index < -0.39 is 0 Å². The molecule has 0 bridgehead atoms. The van der Waals surface area contributed by atoms with Crippen molar-refractivity contribution in [2.45, 2.75) is 20.0 Å². The number of anilines is 1. The van der Waals surface area contributed by atoms with Crippen LogP contribution < -0.4 is 14.4 Å². The van der Waals surface area contributed by atoms with Gasteiger partial charge in [-0.25, -0.2) is 0 Å². The van der Waals surface area contributed by atoms with E-state index in [0.717, 1.165) is 53.0 Å². The molecular formula is C22H22N4O2. The highest BCUT2D eigenvalue weighted by Crippen LogP contribution is 2.39. The fraction of sp³-hybridized carbons (Fsp3) is 0.318. The summed E-state index contributed by atoms with van der Waals surface area (Å²) in [6, 6.07) is 12.5. The smallest absolute Gasteiger partial charge is 0.233 e. The molecule has 142 valence electrons. The van der Waals surface area contributed by atoms with Crippen molar-refractivity contribution in [1.82, 2.24) is 15.2 Å². The minimum Gasteiger partial charge on any atom is -0.480 e. The Morgan fingerprint density at radius 2 is 2.00 bits per heavy atom. The van der Waals surface area contributed by atoms with E-state index in [1.54, 1.807) is 13.3 Å². The molecule has 6 nitrogen and oxygen atoms in total. The normalized spacial score (nSPS) is 17.6. The lowest BCUT2D eigenvalue weighted by atomic mass is 9.95. The van der Waals surface area contributed by atoms with Crippen LogP contribution in [0.4, 0.5) is 5.82 Å². The molecule has 0 aliphatic carbocycles. The zero-order valence-corrected chi connectivity index (χ0v) is 16.1. The topological polar surface area (TPSA) is 60.4 Å². The van der Waals surface area contributed by atoms with Gasteiger partial charge in [0.05, 0.1) is 13.3 Å². The Kier molecular flexibility index (Phi) is 4.11. The minimum atomic E-state index is 0.504. The first-order valence-corrected chi connectivity index (χ1v) is 9.60. The number of nitrogens with zero attached hydrogens (tertiary/aromatic N) is 4. The van der Waals surface area contributed by atoms with Crippen molar-refractivity contribution in [3.05, 3.63) is 48.2 Å². The first kappa shape index (κ1) is 17.0. The minimum absolute atomic E-state index is 0.504. The Bertz CT molecular complexity index is 1040. The van der Waals surface area contributed by atoms with Crippen LogP contribution in [0.2, 0.25) is 0 Å². The average molecular weight is 374 g/mol. The Balaban J connectivity index is 1.48. The molecule has 0 unspecified atom stereocenters. The van der Waals surface area contributed by atoms with Crippen LogP contribution in [0.25, 0.3) is 22.3 Å². The van der Waals surface area contributed by atoms with Gasteiger partial charge >= 0.3 is 0 Å². The number of ether oxygens (including phenoxy) is 2. The van der Waals surface area contributed by atoms with E-state index in [2.05, 4.69) is 52.4 Å². The van der Waals surface area contributed by atoms with Crippen molar-refractivity contribution in [2.75, 3.05) is 25.1 Å². The molecule has 2 aliphatic rings.